The largest absolute Gasteiger partial charge is 0.327 e. The van der Waals surface area contributed by atoms with Gasteiger partial charge in [0.05, 0.1) is 16.6 Å². The molecule has 5 nitrogen and oxygen atoms in total. The molecular formula is C32H34FN5. The lowest BCUT2D eigenvalue weighted by Crippen LogP contribution is -2.35. The van der Waals surface area contributed by atoms with Crippen molar-refractivity contribution in [1.29, 1.82) is 0 Å². The van der Waals surface area contributed by atoms with Gasteiger partial charge in [-0.3, -0.25) is 9.58 Å². The van der Waals surface area contributed by atoms with Gasteiger partial charge in [-0.1, -0.05) is 36.4 Å². The Balaban J connectivity index is 1.10. The van der Waals surface area contributed by atoms with Crippen LogP contribution in [-0.2, 0) is 13.6 Å². The molecule has 6 heteroatoms. The molecule has 7 rings (SSSR count). The van der Waals surface area contributed by atoms with Crippen LogP contribution in [-0.4, -0.2) is 37.3 Å². The van der Waals surface area contributed by atoms with E-state index in [0.29, 0.717) is 12.0 Å². The van der Waals surface area contributed by atoms with Gasteiger partial charge in [-0.05, 0) is 87.5 Å². The summed E-state index contributed by atoms with van der Waals surface area (Å²) in [4.78, 5) is 7.74. The van der Waals surface area contributed by atoms with Gasteiger partial charge < -0.3 is 4.57 Å². The Kier molecular flexibility index (Phi) is 5.81. The molecule has 2 aliphatic rings. The molecule has 1 saturated heterocycles. The minimum absolute atomic E-state index is 0.238. The topological polar surface area (TPSA) is 38.9 Å². The molecule has 0 amide bonds. The van der Waals surface area contributed by atoms with Crippen molar-refractivity contribution in [2.24, 2.45) is 13.0 Å². The van der Waals surface area contributed by atoms with Gasteiger partial charge >= 0.3 is 0 Å². The average Bonchev–Trinajstić information content (AvgIpc) is 3.61. The van der Waals surface area contributed by atoms with Gasteiger partial charge in [0.2, 0.25) is 0 Å². The molecule has 1 atom stereocenters. The zero-order valence-electron chi connectivity index (χ0n) is 22.1. The second kappa shape index (κ2) is 9.35. The van der Waals surface area contributed by atoms with Crippen LogP contribution in [0.1, 0.15) is 56.0 Å². The predicted octanol–water partition coefficient (Wildman–Crippen LogP) is 7.08. The lowest BCUT2D eigenvalue weighted by atomic mass is 9.93. The van der Waals surface area contributed by atoms with E-state index in [1.807, 2.05) is 17.8 Å². The van der Waals surface area contributed by atoms with Gasteiger partial charge in [0.15, 0.2) is 0 Å². The van der Waals surface area contributed by atoms with Crippen molar-refractivity contribution in [2.45, 2.75) is 51.1 Å². The molecule has 2 fully saturated rings. The first kappa shape index (κ1) is 23.6. The number of halogens is 1. The number of hydrogen-bond donors (Lipinski definition) is 0. The first-order chi connectivity index (χ1) is 18.5. The van der Waals surface area contributed by atoms with Crippen LogP contribution < -0.4 is 0 Å². The zero-order valence-corrected chi connectivity index (χ0v) is 22.1. The molecule has 1 saturated carbocycles. The third-order valence-corrected chi connectivity index (χ3v) is 8.72. The maximum atomic E-state index is 13.9. The van der Waals surface area contributed by atoms with Gasteiger partial charge in [-0.15, -0.1) is 0 Å². The summed E-state index contributed by atoms with van der Waals surface area (Å²) in [7, 11) is 1.97. The molecular weight excluding hydrogens is 473 g/mol. The van der Waals surface area contributed by atoms with Crippen LogP contribution in [0.15, 0.2) is 66.7 Å². The Morgan fingerprint density at radius 1 is 0.921 bits per heavy atom. The van der Waals surface area contributed by atoms with E-state index in [2.05, 4.69) is 58.9 Å². The molecule has 0 spiro atoms. The lowest BCUT2D eigenvalue weighted by Gasteiger charge is -2.36. The number of rotatable bonds is 6. The fraction of sp³-hybridized carbons (Fsp3) is 0.375. The second-order valence-corrected chi connectivity index (χ2v) is 11.3. The Labute approximate surface area is 222 Å². The van der Waals surface area contributed by atoms with Crippen molar-refractivity contribution in [1.82, 2.24) is 24.2 Å². The van der Waals surface area contributed by atoms with Gasteiger partial charge in [0.25, 0.3) is 0 Å². The van der Waals surface area contributed by atoms with E-state index in [0.717, 1.165) is 66.1 Å². The molecule has 1 aliphatic heterocycles. The molecule has 5 aromatic rings. The number of nitrogens with zero attached hydrogens (tertiary/aromatic N) is 5. The molecule has 0 bridgehead atoms. The Bertz CT molecular complexity index is 1620. The number of hydrogen-bond acceptors (Lipinski definition) is 3. The summed E-state index contributed by atoms with van der Waals surface area (Å²) in [5.41, 5.74) is 6.46. The number of aryl methyl sites for hydroxylation is 1. The quantitative estimate of drug-likeness (QED) is 0.247. The van der Waals surface area contributed by atoms with Crippen LogP contribution in [0.5, 0.6) is 0 Å². The van der Waals surface area contributed by atoms with Crippen LogP contribution >= 0.6 is 0 Å². The molecule has 3 heterocycles. The zero-order chi connectivity index (χ0) is 25.8. The third-order valence-electron chi connectivity index (χ3n) is 8.72. The average molecular weight is 508 g/mol. The van der Waals surface area contributed by atoms with Gasteiger partial charge in [0.1, 0.15) is 17.3 Å². The van der Waals surface area contributed by atoms with E-state index in [-0.39, 0.29) is 5.82 Å². The van der Waals surface area contributed by atoms with E-state index in [9.17, 15) is 4.39 Å². The highest BCUT2D eigenvalue weighted by Gasteiger charge is 2.30. The van der Waals surface area contributed by atoms with E-state index in [4.69, 9.17) is 10.1 Å². The molecule has 38 heavy (non-hydrogen) atoms. The minimum Gasteiger partial charge on any atom is -0.327 e. The van der Waals surface area contributed by atoms with Crippen molar-refractivity contribution in [2.75, 3.05) is 13.1 Å². The van der Waals surface area contributed by atoms with E-state index in [1.54, 1.807) is 12.1 Å². The SMILES string of the molecule is CC(c1ccc2c(-c3cccc(F)c3)nn(C)c2c1)N1CCC(c2nc3ccccc3n2CC2CC2)CC1. The monoisotopic (exact) mass is 507 g/mol. The number of imidazole rings is 1. The van der Waals surface area contributed by atoms with E-state index >= 15 is 0 Å². The van der Waals surface area contributed by atoms with Gasteiger partial charge in [0, 0.05) is 36.5 Å². The van der Waals surface area contributed by atoms with Crippen LogP contribution in [0.25, 0.3) is 33.2 Å². The van der Waals surface area contributed by atoms with Crippen molar-refractivity contribution < 1.29 is 4.39 Å². The first-order valence-corrected chi connectivity index (χ1v) is 14.0. The molecule has 194 valence electrons. The van der Waals surface area contributed by atoms with Crippen molar-refractivity contribution in [3.63, 3.8) is 0 Å². The number of para-hydroxylation sites is 2. The number of aromatic nitrogens is 4. The highest BCUT2D eigenvalue weighted by molar-refractivity contribution is 5.93. The Morgan fingerprint density at radius 3 is 2.53 bits per heavy atom. The maximum absolute atomic E-state index is 13.9. The second-order valence-electron chi connectivity index (χ2n) is 11.3. The van der Waals surface area contributed by atoms with Crippen LogP contribution in [0.2, 0.25) is 0 Å². The third kappa shape index (κ3) is 4.21. The number of piperidine rings is 1. The highest BCUT2D eigenvalue weighted by Crippen LogP contribution is 2.38. The molecule has 1 aliphatic carbocycles. The Morgan fingerprint density at radius 2 is 1.74 bits per heavy atom. The number of benzene rings is 3. The minimum atomic E-state index is -0.238. The van der Waals surface area contributed by atoms with Gasteiger partial charge in [-0.2, -0.15) is 5.10 Å². The smallest absolute Gasteiger partial charge is 0.123 e. The summed E-state index contributed by atoms with van der Waals surface area (Å²) in [5, 5.41) is 5.79. The summed E-state index contributed by atoms with van der Waals surface area (Å²) in [6.07, 6.45) is 4.98. The first-order valence-electron chi connectivity index (χ1n) is 14.0. The van der Waals surface area contributed by atoms with Crippen molar-refractivity contribution in [3.8, 4) is 11.3 Å². The van der Waals surface area contributed by atoms with E-state index in [1.165, 1.54) is 35.8 Å². The highest BCUT2D eigenvalue weighted by atomic mass is 19.1. The molecule has 0 N–H and O–H groups in total. The molecule has 0 radical (unpaired) electrons. The van der Waals surface area contributed by atoms with Crippen molar-refractivity contribution in [3.05, 3.63) is 83.9 Å². The molecule has 2 aromatic heterocycles. The summed E-state index contributed by atoms with van der Waals surface area (Å²) in [6, 6.07) is 22.3. The van der Waals surface area contributed by atoms with Crippen LogP contribution in [0.3, 0.4) is 0 Å². The maximum Gasteiger partial charge on any atom is 0.123 e. The fourth-order valence-corrected chi connectivity index (χ4v) is 6.30. The van der Waals surface area contributed by atoms with Crippen LogP contribution in [0.4, 0.5) is 4.39 Å². The van der Waals surface area contributed by atoms with Crippen LogP contribution in [0, 0.1) is 11.7 Å². The normalized spacial score (nSPS) is 18.0. The van der Waals surface area contributed by atoms with E-state index < -0.39 is 0 Å². The summed E-state index contributed by atoms with van der Waals surface area (Å²) in [6.45, 7) is 5.56. The summed E-state index contributed by atoms with van der Waals surface area (Å²) >= 11 is 0. The lowest BCUT2D eigenvalue weighted by molar-refractivity contribution is 0.159. The molecule has 1 unspecified atom stereocenters. The fourth-order valence-electron chi connectivity index (χ4n) is 6.30. The number of likely N-dealkylation sites (tertiary alicyclic amines) is 1. The Hall–Kier alpha value is -3.51. The summed E-state index contributed by atoms with van der Waals surface area (Å²) in [5.74, 6) is 2.40. The van der Waals surface area contributed by atoms with Crippen molar-refractivity contribution >= 4 is 21.9 Å². The predicted molar refractivity (Wildman–Crippen MR) is 151 cm³/mol. The standard InChI is InChI=1S/C32H34FN5/c1-21(24-12-13-27-30(19-24)36(2)35-31(27)25-6-5-7-26(33)18-25)37-16-14-23(15-17-37)32-34-28-8-3-4-9-29(28)38(32)20-22-10-11-22/h3-9,12-13,18-19,21-23H,10-11,14-17,20H2,1-2H3. The molecule has 3 aromatic carbocycles. The number of fused-ring (bicyclic) bond motifs is 2. The summed E-state index contributed by atoms with van der Waals surface area (Å²) < 4.78 is 18.3. The van der Waals surface area contributed by atoms with Gasteiger partial charge in [-0.25, -0.2) is 9.37 Å².